The van der Waals surface area contributed by atoms with Crippen LogP contribution < -0.4 is 10.5 Å². The minimum atomic E-state index is -0.0635. The van der Waals surface area contributed by atoms with Crippen molar-refractivity contribution in [2.24, 2.45) is 7.05 Å². The number of nitrogens with zero attached hydrogens (tertiary/aromatic N) is 3. The number of aromatic amines is 1. The average molecular weight is 439 g/mol. The number of fused-ring (bicyclic) bond motifs is 5. The summed E-state index contributed by atoms with van der Waals surface area (Å²) in [4.78, 5) is 24.4. The van der Waals surface area contributed by atoms with Crippen LogP contribution in [0.1, 0.15) is 24.8 Å². The molecule has 0 amide bonds. The highest BCUT2D eigenvalue weighted by atomic mass is 16.3. The number of anilines is 1. The van der Waals surface area contributed by atoms with Crippen molar-refractivity contribution in [2.75, 3.05) is 18.0 Å². The van der Waals surface area contributed by atoms with E-state index in [1.807, 2.05) is 32.3 Å². The molecule has 1 saturated heterocycles. The van der Waals surface area contributed by atoms with Crippen LogP contribution in [0, 0.1) is 6.92 Å². The number of H-pyrrole nitrogens is 1. The fourth-order valence-corrected chi connectivity index (χ4v) is 5.26. The number of aryl methyl sites for hydroxylation is 2. The number of pyridine rings is 2. The number of hydrogen-bond donors (Lipinski definition) is 2. The third-order valence-electron chi connectivity index (χ3n) is 7.01. The van der Waals surface area contributed by atoms with E-state index in [0.29, 0.717) is 11.1 Å². The summed E-state index contributed by atoms with van der Waals surface area (Å²) in [7, 11) is 1.85. The van der Waals surface area contributed by atoms with Crippen molar-refractivity contribution in [3.8, 4) is 17.0 Å². The average Bonchev–Trinajstić information content (AvgIpc) is 3.22. The van der Waals surface area contributed by atoms with Gasteiger partial charge < -0.3 is 19.6 Å². The lowest BCUT2D eigenvalue weighted by atomic mass is 9.97. The molecule has 0 bridgehead atoms. The van der Waals surface area contributed by atoms with Crippen molar-refractivity contribution in [3.05, 3.63) is 64.6 Å². The van der Waals surface area contributed by atoms with Crippen LogP contribution >= 0.6 is 0 Å². The Bertz CT molecular complexity index is 1590. The molecular formula is C27H26N4O2. The van der Waals surface area contributed by atoms with E-state index in [0.717, 1.165) is 51.5 Å². The molecule has 0 spiro atoms. The normalized spacial score (nSPS) is 14.5. The molecule has 0 aliphatic carbocycles. The van der Waals surface area contributed by atoms with Gasteiger partial charge in [-0.25, -0.2) is 4.98 Å². The fourth-order valence-electron chi connectivity index (χ4n) is 5.26. The van der Waals surface area contributed by atoms with Gasteiger partial charge >= 0.3 is 0 Å². The summed E-state index contributed by atoms with van der Waals surface area (Å²) >= 11 is 0. The molecule has 0 saturated carbocycles. The number of aromatic hydroxyl groups is 1. The summed E-state index contributed by atoms with van der Waals surface area (Å²) in [5.74, 6) is 0.184. The molecule has 1 aliphatic rings. The number of nitrogens with one attached hydrogen (secondary N) is 1. The minimum absolute atomic E-state index is 0.0635. The molecule has 0 unspecified atom stereocenters. The second kappa shape index (κ2) is 7.37. The SMILES string of the molecule is Cc1c[nH]c2nc(-c3ccc(O)cc3)c3c(=O)n(C)c4cc(N5CCCCC5)ccc4c3c12. The third-order valence-corrected chi connectivity index (χ3v) is 7.01. The van der Waals surface area contributed by atoms with E-state index in [1.54, 1.807) is 16.7 Å². The number of rotatable bonds is 2. The predicted molar refractivity (Wildman–Crippen MR) is 134 cm³/mol. The Hall–Kier alpha value is -3.80. The van der Waals surface area contributed by atoms with E-state index in [1.165, 1.54) is 24.9 Å². The standard InChI is InChI=1S/C27H26N4O2/c1-16-15-28-26-22(16)23-20-11-8-18(31-12-4-3-5-13-31)14-21(20)30(2)27(33)24(23)25(29-26)17-6-9-19(32)10-7-17/h6-11,14-15,32H,3-5,12-13H2,1-2H3,(H,28,29). The molecule has 2 aromatic carbocycles. The van der Waals surface area contributed by atoms with Crippen LogP contribution in [0.4, 0.5) is 5.69 Å². The Morgan fingerprint density at radius 2 is 1.73 bits per heavy atom. The maximum absolute atomic E-state index is 13.8. The van der Waals surface area contributed by atoms with E-state index < -0.39 is 0 Å². The maximum atomic E-state index is 13.8. The first-order valence-electron chi connectivity index (χ1n) is 11.5. The molecule has 2 N–H and O–H groups in total. The van der Waals surface area contributed by atoms with Crippen LogP contribution in [0.3, 0.4) is 0 Å². The zero-order valence-corrected chi connectivity index (χ0v) is 18.9. The van der Waals surface area contributed by atoms with Gasteiger partial charge in [-0.1, -0.05) is 6.07 Å². The molecule has 1 aliphatic heterocycles. The van der Waals surface area contributed by atoms with Crippen molar-refractivity contribution >= 4 is 38.4 Å². The molecule has 0 atom stereocenters. The number of phenolic OH excluding ortho intramolecular Hbond substituents is 1. The monoisotopic (exact) mass is 438 g/mol. The molecular weight excluding hydrogens is 412 g/mol. The van der Waals surface area contributed by atoms with Crippen LogP contribution in [0.25, 0.3) is 44.0 Å². The van der Waals surface area contributed by atoms with Gasteiger partial charge in [-0.2, -0.15) is 0 Å². The van der Waals surface area contributed by atoms with Crippen LogP contribution in [0.15, 0.2) is 53.5 Å². The number of phenols is 1. The Kier molecular flexibility index (Phi) is 4.43. The highest BCUT2D eigenvalue weighted by molar-refractivity contribution is 6.22. The number of aromatic nitrogens is 3. The van der Waals surface area contributed by atoms with Crippen molar-refractivity contribution < 1.29 is 5.11 Å². The van der Waals surface area contributed by atoms with Gasteiger partial charge in [0.2, 0.25) is 0 Å². The third kappa shape index (κ3) is 3.01. The van der Waals surface area contributed by atoms with E-state index in [-0.39, 0.29) is 11.3 Å². The molecule has 5 aromatic rings. The molecule has 3 aromatic heterocycles. The van der Waals surface area contributed by atoms with Crippen LogP contribution in [-0.2, 0) is 7.05 Å². The highest BCUT2D eigenvalue weighted by Crippen LogP contribution is 2.37. The minimum Gasteiger partial charge on any atom is -0.508 e. The van der Waals surface area contributed by atoms with Gasteiger partial charge in [0.15, 0.2) is 0 Å². The van der Waals surface area contributed by atoms with Gasteiger partial charge in [-0.05, 0) is 68.1 Å². The van der Waals surface area contributed by atoms with Gasteiger partial charge in [0.1, 0.15) is 11.4 Å². The van der Waals surface area contributed by atoms with Crippen molar-refractivity contribution in [3.63, 3.8) is 0 Å². The fraction of sp³-hybridized carbons (Fsp3) is 0.259. The number of benzene rings is 2. The zero-order chi connectivity index (χ0) is 22.7. The van der Waals surface area contributed by atoms with Crippen molar-refractivity contribution in [1.82, 2.24) is 14.5 Å². The van der Waals surface area contributed by atoms with Crippen LogP contribution in [0.2, 0.25) is 0 Å². The predicted octanol–water partition coefficient (Wildman–Crippen LogP) is 5.24. The summed E-state index contributed by atoms with van der Waals surface area (Å²) in [6.07, 6.45) is 5.65. The van der Waals surface area contributed by atoms with E-state index in [4.69, 9.17) is 4.98 Å². The van der Waals surface area contributed by atoms with E-state index in [9.17, 15) is 9.90 Å². The summed E-state index contributed by atoms with van der Waals surface area (Å²) in [5.41, 5.74) is 5.29. The molecule has 0 radical (unpaired) electrons. The molecule has 6 rings (SSSR count). The lowest BCUT2D eigenvalue weighted by Crippen LogP contribution is -2.29. The zero-order valence-electron chi connectivity index (χ0n) is 18.9. The van der Waals surface area contributed by atoms with Gasteiger partial charge in [0.25, 0.3) is 5.56 Å². The van der Waals surface area contributed by atoms with Crippen molar-refractivity contribution in [1.29, 1.82) is 0 Å². The second-order valence-electron chi connectivity index (χ2n) is 9.07. The van der Waals surface area contributed by atoms with Crippen LogP contribution in [-0.4, -0.2) is 32.7 Å². The molecule has 4 heterocycles. The molecule has 6 nitrogen and oxygen atoms in total. The first-order chi connectivity index (χ1) is 16.0. The Morgan fingerprint density at radius 3 is 2.48 bits per heavy atom. The van der Waals surface area contributed by atoms with Gasteiger partial charge in [-0.3, -0.25) is 4.79 Å². The van der Waals surface area contributed by atoms with Crippen molar-refractivity contribution in [2.45, 2.75) is 26.2 Å². The van der Waals surface area contributed by atoms with Gasteiger partial charge in [0.05, 0.1) is 16.6 Å². The second-order valence-corrected chi connectivity index (χ2v) is 9.07. The van der Waals surface area contributed by atoms with Gasteiger partial charge in [-0.15, -0.1) is 0 Å². The van der Waals surface area contributed by atoms with Crippen LogP contribution in [0.5, 0.6) is 5.75 Å². The maximum Gasteiger partial charge on any atom is 0.260 e. The lowest BCUT2D eigenvalue weighted by Gasteiger charge is -2.29. The molecule has 33 heavy (non-hydrogen) atoms. The molecule has 6 heteroatoms. The quantitative estimate of drug-likeness (QED) is 0.370. The van der Waals surface area contributed by atoms with E-state index >= 15 is 0 Å². The first kappa shape index (κ1) is 19.9. The van der Waals surface area contributed by atoms with Gasteiger partial charge in [0, 0.05) is 53.7 Å². The topological polar surface area (TPSA) is 74.1 Å². The number of hydrogen-bond acceptors (Lipinski definition) is 4. The number of piperidine rings is 1. The largest absolute Gasteiger partial charge is 0.508 e. The van der Waals surface area contributed by atoms with E-state index in [2.05, 4.69) is 28.1 Å². The Morgan fingerprint density at radius 1 is 0.970 bits per heavy atom. The summed E-state index contributed by atoms with van der Waals surface area (Å²) in [5, 5.41) is 13.3. The summed E-state index contributed by atoms with van der Waals surface area (Å²) in [6.45, 7) is 4.16. The smallest absolute Gasteiger partial charge is 0.260 e. The summed E-state index contributed by atoms with van der Waals surface area (Å²) < 4.78 is 1.75. The Balaban J connectivity index is 1.74. The summed E-state index contributed by atoms with van der Waals surface area (Å²) in [6, 6.07) is 13.4. The highest BCUT2D eigenvalue weighted by Gasteiger charge is 2.21. The Labute approximate surface area is 191 Å². The lowest BCUT2D eigenvalue weighted by molar-refractivity contribution is 0.475. The molecule has 166 valence electrons. The first-order valence-corrected chi connectivity index (χ1v) is 11.5. The molecule has 1 fully saturated rings.